The third-order valence-corrected chi connectivity index (χ3v) is 1.39. The van der Waals surface area contributed by atoms with Gasteiger partial charge in [0.05, 0.1) is 0 Å². The van der Waals surface area contributed by atoms with Crippen molar-refractivity contribution >= 4 is 5.97 Å². The maximum absolute atomic E-state index is 10.6. The van der Waals surface area contributed by atoms with E-state index in [1.807, 2.05) is 0 Å². The number of carbonyl (C=O) groups excluding carboxylic acids is 1. The molecule has 0 saturated heterocycles. The molecule has 0 aliphatic carbocycles. The van der Waals surface area contributed by atoms with Crippen LogP contribution < -0.4 is 17.4 Å². The summed E-state index contributed by atoms with van der Waals surface area (Å²) in [6.45, 7) is 0.615. The Morgan fingerprint density at radius 1 is 1.45 bits per heavy atom. The number of rotatable bonds is 5. The van der Waals surface area contributed by atoms with E-state index in [1.165, 1.54) is 0 Å². The van der Waals surface area contributed by atoms with Crippen LogP contribution in [-0.2, 0) is 9.63 Å². The minimum atomic E-state index is -0.605. The fraction of sp³-hybridized carbons (Fsp3) is 0.833. The summed E-state index contributed by atoms with van der Waals surface area (Å²) in [4.78, 5) is 14.5. The molecule has 0 heterocycles. The summed E-state index contributed by atoms with van der Waals surface area (Å²) in [7, 11) is 0. The molecule has 0 aromatic carbocycles. The van der Waals surface area contributed by atoms with Gasteiger partial charge in [0.15, 0.2) is 0 Å². The van der Waals surface area contributed by atoms with Crippen molar-refractivity contribution in [3.8, 4) is 0 Å². The summed E-state index contributed by atoms with van der Waals surface area (Å²) in [6.07, 6.45) is 2.27. The first-order valence-corrected chi connectivity index (χ1v) is 3.58. The van der Waals surface area contributed by atoms with Gasteiger partial charge >= 0.3 is 5.97 Å². The first kappa shape index (κ1) is 10.3. The Bertz CT molecular complexity index is 118. The van der Waals surface area contributed by atoms with Gasteiger partial charge in [-0.05, 0) is 19.4 Å². The Kier molecular flexibility index (Phi) is 5.73. The van der Waals surface area contributed by atoms with Crippen LogP contribution in [0.2, 0.25) is 0 Å². The maximum Gasteiger partial charge on any atom is 0.341 e. The lowest BCUT2D eigenvalue weighted by Gasteiger charge is -2.06. The van der Waals surface area contributed by atoms with Gasteiger partial charge in [-0.1, -0.05) is 6.42 Å². The predicted octanol–water partition coefficient (Wildman–Crippen LogP) is -1.14. The zero-order valence-electron chi connectivity index (χ0n) is 6.45. The Morgan fingerprint density at radius 3 is 2.55 bits per heavy atom. The normalized spacial score (nSPS) is 12.6. The van der Waals surface area contributed by atoms with E-state index in [2.05, 4.69) is 10.7 Å². The Hall–Kier alpha value is -0.650. The Morgan fingerprint density at radius 2 is 2.09 bits per heavy atom. The molecule has 0 aromatic heterocycles. The molecular weight excluding hydrogens is 146 g/mol. The molecule has 0 saturated carbocycles. The molecule has 0 aromatic rings. The molecule has 66 valence electrons. The van der Waals surface area contributed by atoms with E-state index in [-0.39, 0.29) is 0 Å². The highest BCUT2D eigenvalue weighted by molar-refractivity contribution is 5.74. The van der Waals surface area contributed by atoms with Crippen molar-refractivity contribution in [1.82, 2.24) is 0 Å². The van der Waals surface area contributed by atoms with Crippen LogP contribution in [0.4, 0.5) is 0 Å². The summed E-state index contributed by atoms with van der Waals surface area (Å²) < 4.78 is 0. The van der Waals surface area contributed by atoms with Crippen LogP contribution in [0.25, 0.3) is 0 Å². The molecule has 0 rings (SSSR count). The summed E-state index contributed by atoms with van der Waals surface area (Å²) in [5, 5.41) is 0. The van der Waals surface area contributed by atoms with Crippen molar-refractivity contribution in [2.75, 3.05) is 6.54 Å². The zero-order chi connectivity index (χ0) is 8.69. The van der Waals surface area contributed by atoms with Crippen molar-refractivity contribution in [1.29, 1.82) is 0 Å². The molecule has 0 radical (unpaired) electrons. The SMILES string of the molecule is NCCCC[C@@H](N)C(=O)ON. The fourth-order valence-corrected chi connectivity index (χ4v) is 0.714. The van der Waals surface area contributed by atoms with Crippen LogP contribution in [0.15, 0.2) is 0 Å². The largest absolute Gasteiger partial charge is 0.372 e. The molecule has 0 amide bonds. The molecule has 0 aliphatic heterocycles. The highest BCUT2D eigenvalue weighted by Crippen LogP contribution is 1.98. The average molecular weight is 161 g/mol. The van der Waals surface area contributed by atoms with Crippen molar-refractivity contribution in [2.45, 2.75) is 25.3 Å². The minimum Gasteiger partial charge on any atom is -0.372 e. The number of carbonyl (C=O) groups is 1. The molecule has 0 unspecified atom stereocenters. The standard InChI is InChI=1S/C6H15N3O2/c7-4-2-1-3-5(8)6(10)11-9/h5H,1-4,7-9H2/t5-/m1/s1. The topological polar surface area (TPSA) is 104 Å². The number of unbranched alkanes of at least 4 members (excludes halogenated alkanes) is 1. The molecule has 1 atom stereocenters. The van der Waals surface area contributed by atoms with E-state index in [9.17, 15) is 4.79 Å². The van der Waals surface area contributed by atoms with Gasteiger partial charge in [-0.3, -0.25) is 0 Å². The number of hydrogen-bond acceptors (Lipinski definition) is 5. The van der Waals surface area contributed by atoms with Crippen molar-refractivity contribution in [2.24, 2.45) is 17.4 Å². The van der Waals surface area contributed by atoms with Gasteiger partial charge in [-0.25, -0.2) is 4.79 Å². The van der Waals surface area contributed by atoms with Gasteiger partial charge < -0.3 is 16.3 Å². The fourth-order valence-electron chi connectivity index (χ4n) is 0.714. The number of nitrogens with two attached hydrogens (primary N) is 3. The summed E-state index contributed by atoms with van der Waals surface area (Å²) in [6, 6.07) is -0.605. The minimum absolute atomic E-state index is 0.568. The van der Waals surface area contributed by atoms with Gasteiger partial charge in [0.1, 0.15) is 6.04 Å². The van der Waals surface area contributed by atoms with Gasteiger partial charge in [0, 0.05) is 0 Å². The predicted molar refractivity (Wildman–Crippen MR) is 41.2 cm³/mol. The first-order chi connectivity index (χ1) is 5.22. The second kappa shape index (κ2) is 6.09. The van der Waals surface area contributed by atoms with Crippen molar-refractivity contribution in [3.63, 3.8) is 0 Å². The Labute approximate surface area is 65.8 Å². The van der Waals surface area contributed by atoms with E-state index in [0.717, 1.165) is 12.8 Å². The summed E-state index contributed by atoms with van der Waals surface area (Å²) >= 11 is 0. The zero-order valence-corrected chi connectivity index (χ0v) is 6.45. The van der Waals surface area contributed by atoms with Crippen LogP contribution in [-0.4, -0.2) is 18.6 Å². The monoisotopic (exact) mass is 161 g/mol. The van der Waals surface area contributed by atoms with Crippen LogP contribution in [0, 0.1) is 0 Å². The molecule has 5 heteroatoms. The molecule has 0 aliphatic rings. The molecule has 0 spiro atoms. The summed E-state index contributed by atoms with van der Waals surface area (Å²) in [5.74, 6) is 4.06. The van der Waals surface area contributed by atoms with Crippen LogP contribution >= 0.6 is 0 Å². The lowest BCUT2D eigenvalue weighted by Crippen LogP contribution is -2.33. The van der Waals surface area contributed by atoms with Crippen LogP contribution in [0.5, 0.6) is 0 Å². The highest BCUT2D eigenvalue weighted by atomic mass is 16.7. The molecule has 0 bridgehead atoms. The average Bonchev–Trinajstić information content (AvgIpc) is 2.03. The molecule has 6 N–H and O–H groups in total. The van der Waals surface area contributed by atoms with Gasteiger partial charge in [0.2, 0.25) is 0 Å². The third-order valence-electron chi connectivity index (χ3n) is 1.39. The van der Waals surface area contributed by atoms with Gasteiger partial charge in [-0.15, -0.1) is 0 Å². The third kappa shape index (κ3) is 4.72. The molecule has 11 heavy (non-hydrogen) atoms. The quantitative estimate of drug-likeness (QED) is 0.349. The second-order valence-electron chi connectivity index (χ2n) is 2.33. The van der Waals surface area contributed by atoms with Gasteiger partial charge in [-0.2, -0.15) is 5.90 Å². The van der Waals surface area contributed by atoms with E-state index in [0.29, 0.717) is 13.0 Å². The van der Waals surface area contributed by atoms with E-state index in [1.54, 1.807) is 0 Å². The maximum atomic E-state index is 10.6. The number of hydrogen-bond donors (Lipinski definition) is 3. The van der Waals surface area contributed by atoms with Crippen molar-refractivity contribution in [3.05, 3.63) is 0 Å². The molecular formula is C6H15N3O2. The van der Waals surface area contributed by atoms with E-state index < -0.39 is 12.0 Å². The summed E-state index contributed by atoms with van der Waals surface area (Å²) in [5.41, 5.74) is 10.6. The van der Waals surface area contributed by atoms with Gasteiger partial charge in [0.25, 0.3) is 0 Å². The molecule has 5 nitrogen and oxygen atoms in total. The molecule has 0 fully saturated rings. The van der Waals surface area contributed by atoms with Crippen LogP contribution in [0.1, 0.15) is 19.3 Å². The lowest BCUT2D eigenvalue weighted by molar-refractivity contribution is -0.145. The second-order valence-corrected chi connectivity index (χ2v) is 2.33. The lowest BCUT2D eigenvalue weighted by atomic mass is 10.1. The van der Waals surface area contributed by atoms with Crippen LogP contribution in [0.3, 0.4) is 0 Å². The first-order valence-electron chi connectivity index (χ1n) is 3.58. The Balaban J connectivity index is 3.36. The smallest absolute Gasteiger partial charge is 0.341 e. The highest BCUT2D eigenvalue weighted by Gasteiger charge is 2.12. The van der Waals surface area contributed by atoms with E-state index in [4.69, 9.17) is 11.5 Å². The van der Waals surface area contributed by atoms with E-state index >= 15 is 0 Å². The van der Waals surface area contributed by atoms with Crippen molar-refractivity contribution < 1.29 is 9.63 Å².